The van der Waals surface area contributed by atoms with Crippen LogP contribution in [0.5, 0.6) is 0 Å². The van der Waals surface area contributed by atoms with Crippen molar-refractivity contribution in [2.75, 3.05) is 6.61 Å². The van der Waals surface area contributed by atoms with E-state index < -0.39 is 0 Å². The van der Waals surface area contributed by atoms with Crippen LogP contribution < -0.4 is 0 Å². The number of hydrogen-bond acceptors (Lipinski definition) is 3. The predicted octanol–water partition coefficient (Wildman–Crippen LogP) is 2.68. The molecule has 1 saturated carbocycles. The summed E-state index contributed by atoms with van der Waals surface area (Å²) < 4.78 is 5.17. The molecule has 0 saturated heterocycles. The summed E-state index contributed by atoms with van der Waals surface area (Å²) in [6, 6.07) is 0. The summed E-state index contributed by atoms with van der Waals surface area (Å²) in [4.78, 5) is 11.1. The maximum Gasteiger partial charge on any atom is 0.330 e. The monoisotopic (exact) mass is 240 g/mol. The standard InChI is InChI=1S/C14H24O3/c1-3-5-12(10-17-14(16)4-2)11-6-8-13(15)9-7-11/h4,11-13,15H,2-3,5-10H2,1H3. The number of carbonyl (C=O) groups is 1. The first kappa shape index (κ1) is 14.2. The van der Waals surface area contributed by atoms with Gasteiger partial charge in [-0.15, -0.1) is 0 Å². The van der Waals surface area contributed by atoms with Gasteiger partial charge in [0.2, 0.25) is 0 Å². The normalized spacial score (nSPS) is 26.2. The number of ether oxygens (including phenoxy) is 1. The van der Waals surface area contributed by atoms with E-state index in [9.17, 15) is 9.90 Å². The molecule has 0 aromatic heterocycles. The van der Waals surface area contributed by atoms with Gasteiger partial charge in [0.05, 0.1) is 12.7 Å². The summed E-state index contributed by atoms with van der Waals surface area (Å²) in [5.41, 5.74) is 0. The van der Waals surface area contributed by atoms with Crippen molar-refractivity contribution < 1.29 is 14.6 Å². The van der Waals surface area contributed by atoms with Crippen molar-refractivity contribution in [3.8, 4) is 0 Å². The van der Waals surface area contributed by atoms with Gasteiger partial charge in [-0.25, -0.2) is 4.79 Å². The smallest absolute Gasteiger partial charge is 0.330 e. The molecule has 17 heavy (non-hydrogen) atoms. The highest BCUT2D eigenvalue weighted by molar-refractivity contribution is 5.81. The highest BCUT2D eigenvalue weighted by atomic mass is 16.5. The molecule has 0 aromatic carbocycles. The zero-order chi connectivity index (χ0) is 12.7. The topological polar surface area (TPSA) is 46.5 Å². The van der Waals surface area contributed by atoms with Crippen LogP contribution in [0, 0.1) is 11.8 Å². The van der Waals surface area contributed by atoms with E-state index in [1.165, 1.54) is 6.08 Å². The Bertz CT molecular complexity index is 242. The molecular formula is C14H24O3. The van der Waals surface area contributed by atoms with Crippen LogP contribution in [0.15, 0.2) is 12.7 Å². The fourth-order valence-corrected chi connectivity index (χ4v) is 2.65. The zero-order valence-electron chi connectivity index (χ0n) is 10.7. The second-order valence-corrected chi connectivity index (χ2v) is 4.95. The maximum absolute atomic E-state index is 11.1. The minimum Gasteiger partial charge on any atom is -0.462 e. The lowest BCUT2D eigenvalue weighted by molar-refractivity contribution is -0.140. The quantitative estimate of drug-likeness (QED) is 0.573. The Hall–Kier alpha value is -0.830. The van der Waals surface area contributed by atoms with Gasteiger partial charge in [0.25, 0.3) is 0 Å². The minimum absolute atomic E-state index is 0.121. The predicted molar refractivity (Wildman–Crippen MR) is 67.5 cm³/mol. The van der Waals surface area contributed by atoms with Gasteiger partial charge in [-0.05, 0) is 43.9 Å². The third kappa shape index (κ3) is 4.90. The second-order valence-electron chi connectivity index (χ2n) is 4.95. The van der Waals surface area contributed by atoms with Crippen LogP contribution in [0.1, 0.15) is 45.4 Å². The molecule has 0 aromatic rings. The maximum atomic E-state index is 11.1. The first-order valence-corrected chi connectivity index (χ1v) is 6.64. The molecule has 0 amide bonds. The van der Waals surface area contributed by atoms with Crippen molar-refractivity contribution in [1.82, 2.24) is 0 Å². The molecule has 0 spiro atoms. The molecule has 1 fully saturated rings. The summed E-state index contributed by atoms with van der Waals surface area (Å²) in [6.07, 6.45) is 7.17. The number of hydrogen-bond donors (Lipinski definition) is 1. The Kier molecular flexibility index (Phi) is 6.27. The van der Waals surface area contributed by atoms with Gasteiger partial charge in [-0.1, -0.05) is 19.9 Å². The Morgan fingerprint density at radius 1 is 1.47 bits per heavy atom. The summed E-state index contributed by atoms with van der Waals surface area (Å²) in [5.74, 6) is 0.703. The van der Waals surface area contributed by atoms with Crippen LogP contribution >= 0.6 is 0 Å². The van der Waals surface area contributed by atoms with Gasteiger partial charge in [-0.2, -0.15) is 0 Å². The molecule has 1 N–H and O–H groups in total. The Morgan fingerprint density at radius 3 is 2.65 bits per heavy atom. The Balaban J connectivity index is 2.41. The van der Waals surface area contributed by atoms with Crippen molar-refractivity contribution in [1.29, 1.82) is 0 Å². The first-order chi connectivity index (χ1) is 8.17. The number of aliphatic hydroxyl groups is 1. The largest absolute Gasteiger partial charge is 0.462 e. The van der Waals surface area contributed by atoms with Crippen LogP contribution in [-0.2, 0) is 9.53 Å². The highest BCUT2D eigenvalue weighted by Crippen LogP contribution is 2.32. The van der Waals surface area contributed by atoms with Crippen molar-refractivity contribution in [3.05, 3.63) is 12.7 Å². The molecule has 1 aliphatic rings. The average Bonchev–Trinajstić information content (AvgIpc) is 2.35. The molecule has 1 aliphatic carbocycles. The molecule has 1 unspecified atom stereocenters. The average molecular weight is 240 g/mol. The van der Waals surface area contributed by atoms with E-state index in [4.69, 9.17) is 4.74 Å². The van der Waals surface area contributed by atoms with Gasteiger partial charge >= 0.3 is 5.97 Å². The number of esters is 1. The molecule has 3 heteroatoms. The van der Waals surface area contributed by atoms with Crippen molar-refractivity contribution in [2.45, 2.75) is 51.6 Å². The molecule has 0 heterocycles. The number of carbonyl (C=O) groups excluding carboxylic acids is 1. The molecule has 98 valence electrons. The van der Waals surface area contributed by atoms with Crippen molar-refractivity contribution in [2.24, 2.45) is 11.8 Å². The van der Waals surface area contributed by atoms with E-state index in [2.05, 4.69) is 13.5 Å². The van der Waals surface area contributed by atoms with Crippen LogP contribution in [0.25, 0.3) is 0 Å². The zero-order valence-corrected chi connectivity index (χ0v) is 10.7. The highest BCUT2D eigenvalue weighted by Gasteiger charge is 2.26. The molecule has 0 aliphatic heterocycles. The van der Waals surface area contributed by atoms with Crippen molar-refractivity contribution in [3.63, 3.8) is 0 Å². The second kappa shape index (κ2) is 7.49. The van der Waals surface area contributed by atoms with Gasteiger partial charge in [0.1, 0.15) is 0 Å². The lowest BCUT2D eigenvalue weighted by Crippen LogP contribution is -2.27. The third-order valence-corrected chi connectivity index (χ3v) is 3.67. The van der Waals surface area contributed by atoms with Crippen LogP contribution in [0.3, 0.4) is 0 Å². The van der Waals surface area contributed by atoms with Gasteiger partial charge in [0.15, 0.2) is 0 Å². The van der Waals surface area contributed by atoms with Crippen LogP contribution in [0.2, 0.25) is 0 Å². The van der Waals surface area contributed by atoms with E-state index in [0.717, 1.165) is 38.5 Å². The summed E-state index contributed by atoms with van der Waals surface area (Å²) in [7, 11) is 0. The number of aliphatic hydroxyl groups excluding tert-OH is 1. The Morgan fingerprint density at radius 2 is 2.12 bits per heavy atom. The molecule has 1 atom stereocenters. The Labute approximate surface area is 104 Å². The molecule has 3 nitrogen and oxygen atoms in total. The van der Waals surface area contributed by atoms with Gasteiger partial charge < -0.3 is 9.84 Å². The molecule has 0 radical (unpaired) electrons. The van der Waals surface area contributed by atoms with E-state index in [-0.39, 0.29) is 12.1 Å². The fourth-order valence-electron chi connectivity index (χ4n) is 2.65. The molecular weight excluding hydrogens is 216 g/mol. The summed E-state index contributed by atoms with van der Waals surface area (Å²) in [6.45, 7) is 6.05. The third-order valence-electron chi connectivity index (χ3n) is 3.67. The SMILES string of the molecule is C=CC(=O)OCC(CCC)C1CCC(O)CC1. The summed E-state index contributed by atoms with van der Waals surface area (Å²) in [5, 5.41) is 9.50. The first-order valence-electron chi connectivity index (χ1n) is 6.64. The lowest BCUT2D eigenvalue weighted by atomic mass is 9.77. The van der Waals surface area contributed by atoms with Gasteiger partial charge in [0, 0.05) is 6.08 Å². The fraction of sp³-hybridized carbons (Fsp3) is 0.786. The van der Waals surface area contributed by atoms with Gasteiger partial charge in [-0.3, -0.25) is 0 Å². The van der Waals surface area contributed by atoms with E-state index in [1.54, 1.807) is 0 Å². The van der Waals surface area contributed by atoms with E-state index in [1.807, 2.05) is 0 Å². The van der Waals surface area contributed by atoms with Crippen LogP contribution in [-0.4, -0.2) is 23.8 Å². The van der Waals surface area contributed by atoms with E-state index >= 15 is 0 Å². The number of rotatable bonds is 6. The van der Waals surface area contributed by atoms with Crippen molar-refractivity contribution >= 4 is 5.97 Å². The summed E-state index contributed by atoms with van der Waals surface area (Å²) >= 11 is 0. The van der Waals surface area contributed by atoms with E-state index in [0.29, 0.717) is 18.4 Å². The minimum atomic E-state index is -0.332. The lowest BCUT2D eigenvalue weighted by Gasteiger charge is -2.31. The molecule has 0 bridgehead atoms. The molecule has 1 rings (SSSR count). The van der Waals surface area contributed by atoms with Crippen LogP contribution in [0.4, 0.5) is 0 Å².